The van der Waals surface area contributed by atoms with Crippen LogP contribution in [0.4, 0.5) is 4.79 Å². The number of carboxylic acid groups (broad SMARTS) is 1. The Hall–Kier alpha value is -3.35. The van der Waals surface area contributed by atoms with Crippen molar-refractivity contribution in [3.8, 4) is 11.1 Å². The third-order valence-corrected chi connectivity index (χ3v) is 6.44. The number of alkyl carbamates (subject to hydrolysis) is 1. The molecule has 3 unspecified atom stereocenters. The molecule has 2 N–H and O–H groups in total. The monoisotopic (exact) mass is 436 g/mol. The van der Waals surface area contributed by atoms with Crippen LogP contribution in [0.3, 0.4) is 0 Å². The van der Waals surface area contributed by atoms with Crippen molar-refractivity contribution in [1.82, 2.24) is 10.2 Å². The fourth-order valence-corrected chi connectivity index (χ4v) is 4.50. The molecule has 0 aliphatic heterocycles. The van der Waals surface area contributed by atoms with Crippen LogP contribution in [0.5, 0.6) is 0 Å². The minimum absolute atomic E-state index is 0.00766. The van der Waals surface area contributed by atoms with Gasteiger partial charge in [-0.25, -0.2) is 4.79 Å². The Morgan fingerprint density at radius 1 is 1.09 bits per heavy atom. The molecule has 32 heavy (non-hydrogen) atoms. The van der Waals surface area contributed by atoms with E-state index in [-0.39, 0.29) is 36.8 Å². The van der Waals surface area contributed by atoms with Crippen LogP contribution in [0.1, 0.15) is 30.4 Å². The van der Waals surface area contributed by atoms with Gasteiger partial charge in [0.15, 0.2) is 0 Å². The van der Waals surface area contributed by atoms with Crippen molar-refractivity contribution in [2.45, 2.75) is 19.3 Å². The molecule has 1 fully saturated rings. The molecule has 2 aliphatic rings. The summed E-state index contributed by atoms with van der Waals surface area (Å²) in [6.45, 7) is 2.38. The lowest BCUT2D eigenvalue weighted by Gasteiger charge is -2.19. The predicted molar refractivity (Wildman–Crippen MR) is 119 cm³/mol. The van der Waals surface area contributed by atoms with E-state index in [0.29, 0.717) is 13.0 Å². The predicted octanol–water partition coefficient (Wildman–Crippen LogP) is 3.34. The number of nitrogens with zero attached hydrogens (tertiary/aromatic N) is 1. The second kappa shape index (κ2) is 9.02. The van der Waals surface area contributed by atoms with E-state index in [1.54, 1.807) is 14.0 Å². The van der Waals surface area contributed by atoms with E-state index in [4.69, 9.17) is 9.84 Å². The largest absolute Gasteiger partial charge is 0.481 e. The molecule has 0 radical (unpaired) electrons. The number of carbonyl (C=O) groups is 3. The van der Waals surface area contributed by atoms with Gasteiger partial charge in [0.25, 0.3) is 0 Å². The second-order valence-electron chi connectivity index (χ2n) is 8.77. The molecule has 0 heterocycles. The molecule has 0 bridgehead atoms. The first-order valence-electron chi connectivity index (χ1n) is 10.9. The summed E-state index contributed by atoms with van der Waals surface area (Å²) in [4.78, 5) is 37.2. The summed E-state index contributed by atoms with van der Waals surface area (Å²) in [5.74, 6) is -1.71. The van der Waals surface area contributed by atoms with Gasteiger partial charge in [0.05, 0.1) is 5.92 Å². The van der Waals surface area contributed by atoms with Gasteiger partial charge in [-0.2, -0.15) is 0 Å². The third kappa shape index (κ3) is 4.47. The molecule has 0 spiro atoms. The highest BCUT2D eigenvalue weighted by Gasteiger charge is 2.44. The number of fused-ring (bicyclic) bond motifs is 3. The first-order chi connectivity index (χ1) is 15.4. The molecule has 168 valence electrons. The third-order valence-electron chi connectivity index (χ3n) is 6.44. The lowest BCUT2D eigenvalue weighted by molar-refractivity contribution is -0.142. The van der Waals surface area contributed by atoms with Gasteiger partial charge < -0.3 is 20.1 Å². The highest BCUT2D eigenvalue weighted by molar-refractivity contribution is 5.82. The van der Waals surface area contributed by atoms with Gasteiger partial charge in [-0.3, -0.25) is 9.59 Å². The van der Waals surface area contributed by atoms with Gasteiger partial charge in [0.2, 0.25) is 5.91 Å². The van der Waals surface area contributed by atoms with Crippen LogP contribution in [-0.2, 0) is 14.3 Å². The van der Waals surface area contributed by atoms with E-state index in [1.807, 2.05) is 24.3 Å². The lowest BCUT2D eigenvalue weighted by atomic mass is 9.98. The van der Waals surface area contributed by atoms with Crippen LogP contribution >= 0.6 is 0 Å². The molecule has 0 saturated heterocycles. The number of rotatable bonds is 8. The first kappa shape index (κ1) is 21.9. The Bertz CT molecular complexity index is 991. The Labute approximate surface area is 187 Å². The number of ether oxygens (including phenoxy) is 1. The Kier molecular flexibility index (Phi) is 6.17. The van der Waals surface area contributed by atoms with Crippen LogP contribution < -0.4 is 5.32 Å². The molecule has 3 atom stereocenters. The molecule has 2 amide bonds. The van der Waals surface area contributed by atoms with Gasteiger partial charge in [-0.05, 0) is 34.6 Å². The van der Waals surface area contributed by atoms with E-state index in [9.17, 15) is 14.4 Å². The zero-order valence-electron chi connectivity index (χ0n) is 18.3. The second-order valence-corrected chi connectivity index (χ2v) is 8.77. The van der Waals surface area contributed by atoms with E-state index >= 15 is 0 Å². The topological polar surface area (TPSA) is 95.9 Å². The maximum Gasteiger partial charge on any atom is 0.407 e. The van der Waals surface area contributed by atoms with Crippen molar-refractivity contribution in [1.29, 1.82) is 0 Å². The van der Waals surface area contributed by atoms with Gasteiger partial charge in [-0.15, -0.1) is 0 Å². The molecule has 4 rings (SSSR count). The molecule has 7 nitrogen and oxygen atoms in total. The normalized spacial score (nSPS) is 19.4. The Morgan fingerprint density at radius 2 is 1.69 bits per heavy atom. The Morgan fingerprint density at radius 3 is 2.28 bits per heavy atom. The van der Waals surface area contributed by atoms with Crippen LogP contribution in [0.15, 0.2) is 48.5 Å². The lowest BCUT2D eigenvalue weighted by Crippen LogP contribution is -2.35. The Balaban J connectivity index is 1.25. The SMILES string of the molecule is CC(CN(C)C(=O)C1CC1CNC(=O)OCC1c2ccccc2-c2ccccc21)C(=O)O. The summed E-state index contributed by atoms with van der Waals surface area (Å²) in [7, 11) is 1.62. The molecule has 1 saturated carbocycles. The summed E-state index contributed by atoms with van der Waals surface area (Å²) in [5, 5.41) is 11.8. The fraction of sp³-hybridized carbons (Fsp3) is 0.400. The van der Waals surface area contributed by atoms with Crippen LogP contribution in [0.25, 0.3) is 11.1 Å². The van der Waals surface area contributed by atoms with Gasteiger partial charge in [0, 0.05) is 32.0 Å². The number of hydrogen-bond donors (Lipinski definition) is 2. The van der Waals surface area contributed by atoms with Crippen LogP contribution in [0.2, 0.25) is 0 Å². The first-order valence-corrected chi connectivity index (χ1v) is 10.9. The average molecular weight is 437 g/mol. The number of carbonyl (C=O) groups excluding carboxylic acids is 2. The van der Waals surface area contributed by atoms with E-state index in [0.717, 1.165) is 11.1 Å². The number of benzene rings is 2. The maximum absolute atomic E-state index is 12.4. The standard InChI is InChI=1S/C25H28N2O5/c1-15(24(29)30)13-27(2)23(28)21-11-16(21)12-26-25(31)32-14-22-19-9-5-3-7-17(19)18-8-4-6-10-20(18)22/h3-10,15-16,21-22H,11-14H2,1-2H3,(H,26,31)(H,29,30). The van der Waals surface area contributed by atoms with Gasteiger partial charge in [-0.1, -0.05) is 55.5 Å². The minimum atomic E-state index is -0.922. The summed E-state index contributed by atoms with van der Waals surface area (Å²) in [6.07, 6.45) is 0.201. The van der Waals surface area contributed by atoms with Crippen LogP contribution in [0, 0.1) is 17.8 Å². The van der Waals surface area contributed by atoms with Crippen molar-refractivity contribution >= 4 is 18.0 Å². The van der Waals surface area contributed by atoms with Crippen molar-refractivity contribution in [3.63, 3.8) is 0 Å². The quantitative estimate of drug-likeness (QED) is 0.662. The highest BCUT2D eigenvalue weighted by Crippen LogP contribution is 2.44. The molecule has 2 aliphatic carbocycles. The summed E-state index contributed by atoms with van der Waals surface area (Å²) >= 11 is 0. The minimum Gasteiger partial charge on any atom is -0.481 e. The number of amides is 2. The molecule has 0 aromatic heterocycles. The van der Waals surface area contributed by atoms with Crippen molar-refractivity contribution < 1.29 is 24.2 Å². The zero-order chi connectivity index (χ0) is 22.8. The number of nitrogens with one attached hydrogen (secondary N) is 1. The van der Waals surface area contributed by atoms with Crippen LogP contribution in [-0.4, -0.2) is 54.7 Å². The number of hydrogen-bond acceptors (Lipinski definition) is 4. The maximum atomic E-state index is 12.4. The van der Waals surface area contributed by atoms with Gasteiger partial charge >= 0.3 is 12.1 Å². The summed E-state index contributed by atoms with van der Waals surface area (Å²) in [5.41, 5.74) is 4.68. The smallest absolute Gasteiger partial charge is 0.407 e. The number of carboxylic acids is 1. The van der Waals surface area contributed by atoms with E-state index < -0.39 is 18.0 Å². The zero-order valence-corrected chi connectivity index (χ0v) is 18.3. The molecular weight excluding hydrogens is 408 g/mol. The average Bonchev–Trinajstić information content (AvgIpc) is 3.50. The molecular formula is C25H28N2O5. The van der Waals surface area contributed by atoms with Crippen molar-refractivity contribution in [2.24, 2.45) is 17.8 Å². The fourth-order valence-electron chi connectivity index (χ4n) is 4.50. The van der Waals surface area contributed by atoms with E-state index in [2.05, 4.69) is 29.6 Å². The number of aliphatic carboxylic acids is 1. The van der Waals surface area contributed by atoms with Crippen molar-refractivity contribution in [3.05, 3.63) is 59.7 Å². The summed E-state index contributed by atoms with van der Waals surface area (Å²) < 4.78 is 5.53. The summed E-state index contributed by atoms with van der Waals surface area (Å²) in [6, 6.07) is 16.3. The molecule has 2 aromatic rings. The van der Waals surface area contributed by atoms with E-state index in [1.165, 1.54) is 16.0 Å². The highest BCUT2D eigenvalue weighted by atomic mass is 16.5. The van der Waals surface area contributed by atoms with Gasteiger partial charge in [0.1, 0.15) is 6.61 Å². The molecule has 7 heteroatoms. The van der Waals surface area contributed by atoms with Crippen molar-refractivity contribution in [2.75, 3.05) is 26.7 Å². The molecule has 2 aromatic carbocycles.